The smallest absolute Gasteiger partial charge is 0.354 e. The number of rotatable bonds is 12. The quantitative estimate of drug-likeness (QED) is 0.234. The number of piperidine rings is 1. The summed E-state index contributed by atoms with van der Waals surface area (Å²) in [5.74, 6) is -7.52. The van der Waals surface area contributed by atoms with Gasteiger partial charge in [0.2, 0.25) is 70.9 Å². The largest absolute Gasteiger partial charge is 0.417 e. The number of hydrogen-bond acceptors (Lipinski definition) is 12. The van der Waals surface area contributed by atoms with Crippen LogP contribution in [0.4, 0.5) is 13.2 Å². The molecule has 2 unspecified atom stereocenters. The van der Waals surface area contributed by atoms with Gasteiger partial charge in [-0.3, -0.25) is 57.5 Å². The van der Waals surface area contributed by atoms with Crippen molar-refractivity contribution in [2.45, 2.75) is 217 Å². The van der Waals surface area contributed by atoms with Crippen LogP contribution in [0.15, 0.2) is 18.2 Å². The Morgan fingerprint density at radius 3 is 1.80 bits per heavy atom. The van der Waals surface area contributed by atoms with Crippen molar-refractivity contribution in [3.63, 3.8) is 0 Å². The number of nitrogens with one attached hydrogen (secondary N) is 3. The average molecular weight is 1400 g/mol. The predicted molar refractivity (Wildman–Crippen MR) is 362 cm³/mol. The molecule has 0 aromatic heterocycles. The highest BCUT2D eigenvalue weighted by Crippen LogP contribution is 2.37. The molecule has 6 rings (SSSR count). The standard InChI is InChI=1S/C70H108ClF3N12O12/c1-12-45(4)62-69(98)80(7)42-60(90)78(5)43-61(91)83(10)54(38-46-22-15-13-16-23-46)66(95)79(6)41-57(87)76-51(31-29-47-28-30-49(50(71)37-47)70(72,73)74)65(94)86-35-21-24-52(86)63(92)75-32-18-17-25-58(88)82(9)55(39-48-26-27-48)67(96)84(11)56(68(97)85-33-19-14-20-34-85)40-59(89)81(8)53(36-44(2)3)64(93)77-62/h28,30,37,44-46,48,51-56,62H,12-27,29,31-36,38-43H2,1-11H3,(H,75,92)(H,76,87)(H,77,93)/t45?,51-,52-,53-,54-,55-,56-,62?/m0/s1. The van der Waals surface area contributed by atoms with E-state index in [-0.39, 0.29) is 81.7 Å². The molecule has 98 heavy (non-hydrogen) atoms. The summed E-state index contributed by atoms with van der Waals surface area (Å²) in [6, 6.07) is -4.93. The van der Waals surface area contributed by atoms with E-state index < -0.39 is 156 Å². The number of carbonyl (C=O) groups is 12. The highest BCUT2D eigenvalue weighted by molar-refractivity contribution is 6.31. The van der Waals surface area contributed by atoms with Crippen molar-refractivity contribution in [1.82, 2.24) is 60.0 Å². The summed E-state index contributed by atoms with van der Waals surface area (Å²) in [5, 5.41) is 7.97. The Labute approximate surface area is 581 Å². The molecule has 28 heteroatoms. The van der Waals surface area contributed by atoms with Crippen molar-refractivity contribution < 1.29 is 70.7 Å². The van der Waals surface area contributed by atoms with E-state index in [0.29, 0.717) is 44.3 Å². The zero-order valence-corrected chi connectivity index (χ0v) is 60.3. The molecule has 2 aliphatic carbocycles. The summed E-state index contributed by atoms with van der Waals surface area (Å²) < 4.78 is 41.2. The molecule has 5 aliphatic rings. The molecule has 1 aromatic carbocycles. The first-order chi connectivity index (χ1) is 46.2. The number of hydrogen-bond donors (Lipinski definition) is 3. The molecule has 0 bridgehead atoms. The third kappa shape index (κ3) is 22.2. The molecule has 0 spiro atoms. The number of likely N-dealkylation sites (tertiary alicyclic amines) is 1. The van der Waals surface area contributed by atoms with E-state index in [2.05, 4.69) is 16.0 Å². The number of aryl methyl sites for hydroxylation is 1. The third-order valence-electron chi connectivity index (χ3n) is 20.6. The molecule has 12 amide bonds. The highest BCUT2D eigenvalue weighted by atomic mass is 35.5. The maximum atomic E-state index is 15.0. The number of halogens is 4. The Morgan fingerprint density at radius 2 is 1.18 bits per heavy atom. The topological polar surface area (TPSA) is 270 Å². The lowest BCUT2D eigenvalue weighted by atomic mass is 9.84. The van der Waals surface area contributed by atoms with Crippen LogP contribution in [0.1, 0.15) is 174 Å². The Balaban J connectivity index is 1.32. The van der Waals surface area contributed by atoms with Crippen LogP contribution in [0.5, 0.6) is 0 Å². The number of likely N-dealkylation sites (N-methyl/N-ethyl adjacent to an activating group) is 7. The lowest BCUT2D eigenvalue weighted by Gasteiger charge is -2.38. The van der Waals surface area contributed by atoms with Gasteiger partial charge in [0.15, 0.2) is 0 Å². The number of nitrogens with zero attached hydrogens (tertiary/aromatic N) is 9. The Bertz CT molecular complexity index is 3000. The van der Waals surface area contributed by atoms with Gasteiger partial charge in [-0.2, -0.15) is 13.2 Å². The second-order valence-corrected chi connectivity index (χ2v) is 29.0. The normalized spacial score (nSPS) is 26.0. The molecular weight excluding hydrogens is 1290 g/mol. The van der Waals surface area contributed by atoms with E-state index in [1.165, 1.54) is 79.9 Å². The highest BCUT2D eigenvalue weighted by Gasteiger charge is 2.44. The minimum absolute atomic E-state index is 0.0190. The van der Waals surface area contributed by atoms with Crippen LogP contribution in [0, 0.1) is 23.7 Å². The first-order valence-electron chi connectivity index (χ1n) is 35.3. The molecule has 0 radical (unpaired) electrons. The number of fused-ring (bicyclic) bond motifs is 1. The average Bonchev–Trinajstić information content (AvgIpc) is 1.32. The lowest BCUT2D eigenvalue weighted by Crippen LogP contribution is -2.59. The first-order valence-corrected chi connectivity index (χ1v) is 35.7. The van der Waals surface area contributed by atoms with Gasteiger partial charge in [-0.05, 0) is 118 Å². The maximum absolute atomic E-state index is 15.0. The number of alkyl halides is 3. The van der Waals surface area contributed by atoms with Gasteiger partial charge in [0.1, 0.15) is 42.3 Å². The Morgan fingerprint density at radius 1 is 0.592 bits per heavy atom. The van der Waals surface area contributed by atoms with E-state index in [4.69, 9.17) is 11.6 Å². The fourth-order valence-electron chi connectivity index (χ4n) is 13.8. The van der Waals surface area contributed by atoms with Crippen LogP contribution in [0.25, 0.3) is 0 Å². The van der Waals surface area contributed by atoms with Gasteiger partial charge in [-0.1, -0.05) is 96.7 Å². The zero-order chi connectivity index (χ0) is 72.5. The third-order valence-corrected chi connectivity index (χ3v) is 20.9. The maximum Gasteiger partial charge on any atom is 0.417 e. The van der Waals surface area contributed by atoms with E-state index in [0.717, 1.165) is 91.0 Å². The van der Waals surface area contributed by atoms with E-state index >= 15 is 4.79 Å². The Kier molecular flexibility index (Phi) is 30.1. The molecule has 8 atom stereocenters. The summed E-state index contributed by atoms with van der Waals surface area (Å²) >= 11 is 6.10. The van der Waals surface area contributed by atoms with Crippen molar-refractivity contribution >= 4 is 82.5 Å². The molecule has 2 saturated carbocycles. The summed E-state index contributed by atoms with van der Waals surface area (Å²) in [6.45, 7) is 6.74. The molecule has 3 saturated heterocycles. The van der Waals surface area contributed by atoms with Crippen LogP contribution >= 0.6 is 11.6 Å². The number of carbonyl (C=O) groups excluding carboxylic acids is 12. The van der Waals surface area contributed by atoms with Gasteiger partial charge >= 0.3 is 6.18 Å². The molecule has 3 N–H and O–H groups in total. The minimum Gasteiger partial charge on any atom is -0.354 e. The molecule has 1 aromatic rings. The van der Waals surface area contributed by atoms with E-state index in [1.807, 2.05) is 20.8 Å². The van der Waals surface area contributed by atoms with Gasteiger partial charge in [0.05, 0.1) is 36.6 Å². The number of amides is 12. The van der Waals surface area contributed by atoms with Crippen molar-refractivity contribution in [3.8, 4) is 0 Å². The fraction of sp³-hybridized carbons (Fsp3) is 0.743. The molecular formula is C70H108ClF3N12O12. The molecule has 3 heterocycles. The monoisotopic (exact) mass is 1400 g/mol. The zero-order valence-electron chi connectivity index (χ0n) is 59.5. The van der Waals surface area contributed by atoms with Crippen LogP contribution in [0.3, 0.4) is 0 Å². The molecule has 24 nitrogen and oxygen atoms in total. The van der Waals surface area contributed by atoms with Crippen molar-refractivity contribution in [2.24, 2.45) is 23.7 Å². The lowest BCUT2D eigenvalue weighted by molar-refractivity contribution is -0.153. The van der Waals surface area contributed by atoms with Gasteiger partial charge in [-0.15, -0.1) is 0 Å². The van der Waals surface area contributed by atoms with Crippen molar-refractivity contribution in [2.75, 3.05) is 95.1 Å². The SMILES string of the molecule is CCC(C)C1NC(=O)[C@H](CC(C)C)N(C)C(=O)C[C@@H](C(=O)N2CCCCC2)N(C)C(=O)[C@H](CC2CC2)N(C)C(=O)CCCCNC(=O)[C@@H]2CCCN2C(=O)[C@H](CCc2ccc(C(F)(F)F)c(Cl)c2)NC(=O)CN(C)C(=O)[C@H](CC2CCCCC2)N(C)C(=O)CN(C)C(=O)CN(C)C1=O. The van der Waals surface area contributed by atoms with Crippen LogP contribution in [-0.4, -0.2) is 252 Å². The predicted octanol–water partition coefficient (Wildman–Crippen LogP) is 5.50. The summed E-state index contributed by atoms with van der Waals surface area (Å²) in [5.41, 5.74) is -0.729. The van der Waals surface area contributed by atoms with E-state index in [1.54, 1.807) is 11.8 Å². The van der Waals surface area contributed by atoms with E-state index in [9.17, 15) is 65.9 Å². The number of benzene rings is 1. The van der Waals surface area contributed by atoms with Gasteiger partial charge in [0.25, 0.3) is 0 Å². The van der Waals surface area contributed by atoms with Gasteiger partial charge < -0.3 is 60.0 Å². The van der Waals surface area contributed by atoms with Crippen LogP contribution in [0.2, 0.25) is 5.02 Å². The molecule has 3 aliphatic heterocycles. The molecule has 5 fully saturated rings. The summed E-state index contributed by atoms with van der Waals surface area (Å²) in [6.07, 6.45) is 5.31. The van der Waals surface area contributed by atoms with Gasteiger partial charge in [-0.25, -0.2) is 0 Å². The summed E-state index contributed by atoms with van der Waals surface area (Å²) in [7, 11) is 10.0. The van der Waals surface area contributed by atoms with Gasteiger partial charge in [0, 0.05) is 81.9 Å². The molecule has 548 valence electrons. The van der Waals surface area contributed by atoms with Crippen molar-refractivity contribution in [1.29, 1.82) is 0 Å². The van der Waals surface area contributed by atoms with Crippen LogP contribution in [-0.2, 0) is 70.1 Å². The first kappa shape index (κ1) is 79.9. The Hall–Kier alpha value is -7.06. The second kappa shape index (κ2) is 36.9. The minimum atomic E-state index is -4.73. The summed E-state index contributed by atoms with van der Waals surface area (Å²) in [4.78, 5) is 186. The fourth-order valence-corrected chi connectivity index (χ4v) is 14.1. The second-order valence-electron chi connectivity index (χ2n) is 28.6. The van der Waals surface area contributed by atoms with Crippen molar-refractivity contribution in [3.05, 3.63) is 34.3 Å². The van der Waals surface area contributed by atoms with Crippen LogP contribution < -0.4 is 16.0 Å².